The molecule has 2 heterocycles. The van der Waals surface area contributed by atoms with Crippen molar-refractivity contribution < 1.29 is 9.53 Å². The molecular formula is C18H18ClN5O2. The van der Waals surface area contributed by atoms with Gasteiger partial charge in [-0.25, -0.2) is 15.0 Å². The van der Waals surface area contributed by atoms with Gasteiger partial charge < -0.3 is 15.8 Å². The minimum absolute atomic E-state index is 0. The molecule has 7 nitrogen and oxygen atoms in total. The van der Waals surface area contributed by atoms with Gasteiger partial charge in [0, 0.05) is 23.9 Å². The maximum Gasteiger partial charge on any atom is 0.255 e. The van der Waals surface area contributed by atoms with Gasteiger partial charge >= 0.3 is 0 Å². The van der Waals surface area contributed by atoms with Crippen LogP contribution in [0.25, 0.3) is 0 Å². The molecule has 2 aromatic heterocycles. The van der Waals surface area contributed by atoms with Crippen LogP contribution < -0.4 is 15.8 Å². The first-order valence-electron chi connectivity index (χ1n) is 7.66. The summed E-state index contributed by atoms with van der Waals surface area (Å²) in [6.45, 7) is 2.28. The van der Waals surface area contributed by atoms with Gasteiger partial charge in [-0.2, -0.15) is 0 Å². The van der Waals surface area contributed by atoms with E-state index >= 15 is 0 Å². The first kappa shape index (κ1) is 19.3. The van der Waals surface area contributed by atoms with E-state index in [9.17, 15) is 4.79 Å². The Labute approximate surface area is 157 Å². The van der Waals surface area contributed by atoms with Crippen molar-refractivity contribution in [2.45, 2.75) is 13.5 Å². The maximum absolute atomic E-state index is 12.3. The summed E-state index contributed by atoms with van der Waals surface area (Å²) in [4.78, 5) is 24.4. The third-order valence-corrected chi connectivity index (χ3v) is 3.36. The fraction of sp³-hybridized carbons (Fsp3) is 0.111. The Bertz CT molecular complexity index is 890. The molecule has 0 spiro atoms. The smallest absolute Gasteiger partial charge is 0.255 e. The third kappa shape index (κ3) is 4.98. The molecule has 0 aliphatic heterocycles. The predicted octanol–water partition coefficient (Wildman–Crippen LogP) is 3.11. The molecule has 26 heavy (non-hydrogen) atoms. The lowest BCUT2D eigenvalue weighted by atomic mass is 10.2. The summed E-state index contributed by atoms with van der Waals surface area (Å²) < 4.78 is 5.77. The minimum Gasteiger partial charge on any atom is -0.439 e. The molecule has 0 aliphatic carbocycles. The lowest BCUT2D eigenvalue weighted by Gasteiger charge is -2.09. The van der Waals surface area contributed by atoms with Crippen LogP contribution in [-0.4, -0.2) is 20.9 Å². The molecule has 3 N–H and O–H groups in total. The molecule has 134 valence electrons. The van der Waals surface area contributed by atoms with Crippen molar-refractivity contribution in [1.29, 1.82) is 0 Å². The van der Waals surface area contributed by atoms with Gasteiger partial charge in [0.2, 0.25) is 5.88 Å². The van der Waals surface area contributed by atoms with Crippen LogP contribution in [-0.2, 0) is 6.54 Å². The second-order valence-corrected chi connectivity index (χ2v) is 5.37. The topological polar surface area (TPSA) is 103 Å². The highest BCUT2D eigenvalue weighted by atomic mass is 35.5. The van der Waals surface area contributed by atoms with Crippen LogP contribution in [0.1, 0.15) is 21.6 Å². The Morgan fingerprint density at radius 3 is 2.69 bits per heavy atom. The summed E-state index contributed by atoms with van der Waals surface area (Å²) in [5.41, 5.74) is 8.39. The molecule has 1 amide bonds. The van der Waals surface area contributed by atoms with E-state index in [2.05, 4.69) is 20.3 Å². The van der Waals surface area contributed by atoms with E-state index in [1.54, 1.807) is 30.3 Å². The third-order valence-electron chi connectivity index (χ3n) is 3.36. The largest absolute Gasteiger partial charge is 0.439 e. The van der Waals surface area contributed by atoms with Crippen molar-refractivity contribution in [3.05, 3.63) is 71.9 Å². The van der Waals surface area contributed by atoms with Gasteiger partial charge in [0.05, 0.1) is 18.1 Å². The summed E-state index contributed by atoms with van der Waals surface area (Å²) >= 11 is 0. The Kier molecular flexibility index (Phi) is 6.60. The van der Waals surface area contributed by atoms with Crippen molar-refractivity contribution >= 4 is 24.0 Å². The van der Waals surface area contributed by atoms with Crippen LogP contribution in [0, 0.1) is 6.92 Å². The van der Waals surface area contributed by atoms with E-state index in [1.165, 1.54) is 18.7 Å². The van der Waals surface area contributed by atoms with Gasteiger partial charge in [0.25, 0.3) is 5.91 Å². The number of nitrogens with one attached hydrogen (secondary N) is 1. The summed E-state index contributed by atoms with van der Waals surface area (Å²) in [6, 6.07) is 10.5. The Morgan fingerprint density at radius 1 is 1.19 bits per heavy atom. The molecule has 0 fully saturated rings. The Morgan fingerprint density at radius 2 is 1.96 bits per heavy atom. The summed E-state index contributed by atoms with van der Waals surface area (Å²) in [7, 11) is 0. The van der Waals surface area contributed by atoms with Crippen molar-refractivity contribution in [2.75, 3.05) is 5.32 Å². The summed E-state index contributed by atoms with van der Waals surface area (Å²) in [6.07, 6.45) is 4.45. The zero-order valence-electron chi connectivity index (χ0n) is 14.0. The minimum atomic E-state index is -0.278. The highest BCUT2D eigenvalue weighted by Gasteiger charge is 2.09. The van der Waals surface area contributed by atoms with E-state index in [0.29, 0.717) is 29.4 Å². The molecule has 1 aromatic carbocycles. The van der Waals surface area contributed by atoms with Crippen LogP contribution in [0.15, 0.2) is 55.1 Å². The first-order chi connectivity index (χ1) is 12.1. The molecule has 0 radical (unpaired) electrons. The lowest BCUT2D eigenvalue weighted by molar-refractivity contribution is 0.102. The highest BCUT2D eigenvalue weighted by molar-refractivity contribution is 6.04. The summed E-state index contributed by atoms with van der Waals surface area (Å²) in [5.74, 6) is 0.674. The number of anilines is 1. The number of hydrogen-bond acceptors (Lipinski definition) is 6. The number of hydrogen-bond donors (Lipinski definition) is 2. The monoisotopic (exact) mass is 371 g/mol. The fourth-order valence-corrected chi connectivity index (χ4v) is 2.27. The molecule has 0 bridgehead atoms. The van der Waals surface area contributed by atoms with Crippen molar-refractivity contribution in [3.8, 4) is 11.6 Å². The standard InChI is InChI=1S/C18H17N5O2.ClH/c1-12-5-13(8-19)6-17(22-12)25-16-4-2-3-14(7-16)18(24)23-15-9-20-11-21-10-15;/h2-7,9-11H,8,19H2,1H3,(H,23,24);1H. The first-order valence-corrected chi connectivity index (χ1v) is 7.66. The highest BCUT2D eigenvalue weighted by Crippen LogP contribution is 2.22. The van der Waals surface area contributed by atoms with Gasteiger partial charge in [-0.3, -0.25) is 4.79 Å². The van der Waals surface area contributed by atoms with Crippen LogP contribution in [0.2, 0.25) is 0 Å². The SMILES string of the molecule is Cc1cc(CN)cc(Oc2cccc(C(=O)Nc3cncnc3)c2)n1.Cl. The van der Waals surface area contributed by atoms with Gasteiger partial charge in [0.1, 0.15) is 12.1 Å². The average molecular weight is 372 g/mol. The fourth-order valence-electron chi connectivity index (χ4n) is 2.27. The number of carbonyl (C=O) groups excluding carboxylic acids is 1. The molecule has 0 saturated carbocycles. The van der Waals surface area contributed by atoms with Crippen molar-refractivity contribution in [3.63, 3.8) is 0 Å². The number of nitrogens with zero attached hydrogens (tertiary/aromatic N) is 3. The Balaban J connectivity index is 0.00000243. The lowest BCUT2D eigenvalue weighted by Crippen LogP contribution is -2.12. The number of aryl methyl sites for hydroxylation is 1. The van der Waals surface area contributed by atoms with Crippen molar-refractivity contribution in [1.82, 2.24) is 15.0 Å². The van der Waals surface area contributed by atoms with Gasteiger partial charge in [-0.05, 0) is 36.8 Å². The number of nitrogens with two attached hydrogens (primary N) is 1. The second kappa shape index (κ2) is 8.89. The number of aromatic nitrogens is 3. The van der Waals surface area contributed by atoms with E-state index in [1.807, 2.05) is 13.0 Å². The number of pyridine rings is 1. The molecule has 0 aliphatic rings. The molecule has 3 aromatic rings. The number of amides is 1. The predicted molar refractivity (Wildman–Crippen MR) is 101 cm³/mol. The quantitative estimate of drug-likeness (QED) is 0.714. The summed E-state index contributed by atoms with van der Waals surface area (Å²) in [5, 5.41) is 2.73. The number of carbonyl (C=O) groups is 1. The number of halogens is 1. The maximum atomic E-state index is 12.3. The van der Waals surface area contributed by atoms with E-state index in [0.717, 1.165) is 11.3 Å². The average Bonchev–Trinajstić information content (AvgIpc) is 2.62. The van der Waals surface area contributed by atoms with Crippen LogP contribution in [0.5, 0.6) is 11.6 Å². The zero-order valence-corrected chi connectivity index (χ0v) is 14.9. The normalized spacial score (nSPS) is 9.92. The van der Waals surface area contributed by atoms with Crippen LogP contribution >= 0.6 is 12.4 Å². The molecule has 0 unspecified atom stereocenters. The van der Waals surface area contributed by atoms with Gasteiger partial charge in [-0.15, -0.1) is 12.4 Å². The van der Waals surface area contributed by atoms with E-state index in [4.69, 9.17) is 10.5 Å². The number of ether oxygens (including phenoxy) is 1. The van der Waals surface area contributed by atoms with Crippen LogP contribution in [0.4, 0.5) is 5.69 Å². The zero-order chi connectivity index (χ0) is 17.6. The van der Waals surface area contributed by atoms with Gasteiger partial charge in [-0.1, -0.05) is 6.07 Å². The number of benzene rings is 1. The molecular weight excluding hydrogens is 354 g/mol. The van der Waals surface area contributed by atoms with Crippen LogP contribution in [0.3, 0.4) is 0 Å². The van der Waals surface area contributed by atoms with Gasteiger partial charge in [0.15, 0.2) is 0 Å². The van der Waals surface area contributed by atoms with E-state index < -0.39 is 0 Å². The molecule has 0 atom stereocenters. The van der Waals surface area contributed by atoms with Crippen molar-refractivity contribution in [2.24, 2.45) is 5.73 Å². The van der Waals surface area contributed by atoms with E-state index in [-0.39, 0.29) is 18.3 Å². The second-order valence-electron chi connectivity index (χ2n) is 5.37. The Hall–Kier alpha value is -3.03. The molecule has 8 heteroatoms. The number of rotatable bonds is 5. The molecule has 0 saturated heterocycles. The molecule has 3 rings (SSSR count).